The van der Waals surface area contributed by atoms with Gasteiger partial charge in [0.05, 0.1) is 5.69 Å². The molecular weight excluding hydrogens is 414 g/mol. The molecule has 27 heavy (non-hydrogen) atoms. The second-order valence-corrected chi connectivity index (χ2v) is 7.05. The molecule has 0 unspecified atom stereocenters. The highest BCUT2D eigenvalue weighted by molar-refractivity contribution is 9.10. The summed E-state index contributed by atoms with van der Waals surface area (Å²) in [6.07, 6.45) is 0. The first-order valence-corrected chi connectivity index (χ1v) is 9.03. The number of hydrogen-bond donors (Lipinski definition) is 1. The van der Waals surface area contributed by atoms with Crippen LogP contribution in [0.3, 0.4) is 0 Å². The largest absolute Gasteiger partial charge is 0.456 e. The molecule has 2 heterocycles. The molecule has 1 fully saturated rings. The van der Waals surface area contributed by atoms with Crippen molar-refractivity contribution in [2.75, 3.05) is 4.90 Å². The third kappa shape index (κ3) is 3.12. The summed E-state index contributed by atoms with van der Waals surface area (Å²) in [5.41, 5.74) is 3.79. The lowest BCUT2D eigenvalue weighted by molar-refractivity contribution is -0.137. The number of halogens is 1. The normalized spacial score (nSPS) is 20.9. The van der Waals surface area contributed by atoms with Crippen LogP contribution >= 0.6 is 15.9 Å². The number of amides is 2. The van der Waals surface area contributed by atoms with E-state index in [9.17, 15) is 14.4 Å². The number of fused-ring (bicyclic) bond motifs is 1. The van der Waals surface area contributed by atoms with Crippen molar-refractivity contribution in [1.82, 2.24) is 5.43 Å². The van der Waals surface area contributed by atoms with E-state index in [1.165, 1.54) is 0 Å². The molecular formula is C19H14BrN3O4. The molecule has 2 aliphatic heterocycles. The Morgan fingerprint density at radius 2 is 1.78 bits per heavy atom. The first kappa shape index (κ1) is 17.4. The standard InChI is InChI=1S/C19H14BrN3O4/c20-12-6-8-13(9-7-12)23-17(24)14-15(18(23)25)21-22-16(14)19(26)27-10-11-4-2-1-3-5-11/h1-9,14-15,21H,10H2/t14-,15-/m0/s1. The molecule has 1 N–H and O–H groups in total. The van der Waals surface area contributed by atoms with Crippen LogP contribution in [0, 0.1) is 5.92 Å². The van der Waals surface area contributed by atoms with Crippen molar-refractivity contribution in [2.24, 2.45) is 11.0 Å². The molecule has 2 atom stereocenters. The first-order chi connectivity index (χ1) is 13.1. The predicted molar refractivity (Wildman–Crippen MR) is 101 cm³/mol. The number of ether oxygens (including phenoxy) is 1. The Labute approximate surface area is 163 Å². The van der Waals surface area contributed by atoms with E-state index in [-0.39, 0.29) is 12.3 Å². The molecule has 1 saturated heterocycles. The van der Waals surface area contributed by atoms with E-state index in [0.29, 0.717) is 5.69 Å². The van der Waals surface area contributed by atoms with Crippen molar-refractivity contribution in [2.45, 2.75) is 12.6 Å². The number of anilines is 1. The third-order valence-electron chi connectivity index (χ3n) is 4.43. The Bertz CT molecular complexity index is 943. The van der Waals surface area contributed by atoms with E-state index < -0.39 is 29.7 Å². The Kier molecular flexibility index (Phi) is 4.49. The van der Waals surface area contributed by atoms with Gasteiger partial charge in [-0.05, 0) is 29.8 Å². The minimum Gasteiger partial charge on any atom is -0.456 e. The maximum atomic E-state index is 12.8. The smallest absolute Gasteiger partial charge is 0.355 e. The van der Waals surface area contributed by atoms with Crippen LogP contribution < -0.4 is 10.3 Å². The topological polar surface area (TPSA) is 88.1 Å². The molecule has 2 aliphatic rings. The van der Waals surface area contributed by atoms with E-state index in [4.69, 9.17) is 4.74 Å². The van der Waals surface area contributed by atoms with Crippen molar-refractivity contribution < 1.29 is 19.1 Å². The van der Waals surface area contributed by atoms with Crippen molar-refractivity contribution in [3.63, 3.8) is 0 Å². The number of esters is 1. The number of hydrazone groups is 1. The maximum absolute atomic E-state index is 12.8. The summed E-state index contributed by atoms with van der Waals surface area (Å²) < 4.78 is 6.09. The van der Waals surface area contributed by atoms with Crippen LogP contribution in [0.4, 0.5) is 5.69 Å². The van der Waals surface area contributed by atoms with Crippen LogP contribution in [0.5, 0.6) is 0 Å². The quantitative estimate of drug-likeness (QED) is 0.595. The molecule has 0 aromatic heterocycles. The van der Waals surface area contributed by atoms with E-state index in [2.05, 4.69) is 26.5 Å². The lowest BCUT2D eigenvalue weighted by Gasteiger charge is -2.15. The zero-order valence-corrected chi connectivity index (χ0v) is 15.5. The van der Waals surface area contributed by atoms with Crippen LogP contribution in [0.1, 0.15) is 5.56 Å². The fourth-order valence-corrected chi connectivity index (χ4v) is 3.36. The van der Waals surface area contributed by atoms with E-state index in [1.54, 1.807) is 24.3 Å². The highest BCUT2D eigenvalue weighted by atomic mass is 79.9. The van der Waals surface area contributed by atoms with Crippen LogP contribution in [-0.4, -0.2) is 29.5 Å². The molecule has 4 rings (SSSR count). The predicted octanol–water partition coefficient (Wildman–Crippen LogP) is 2.01. The van der Waals surface area contributed by atoms with Crippen molar-refractivity contribution >= 4 is 45.1 Å². The van der Waals surface area contributed by atoms with Crippen molar-refractivity contribution in [3.8, 4) is 0 Å². The Balaban J connectivity index is 1.51. The number of nitrogens with zero attached hydrogens (tertiary/aromatic N) is 2. The van der Waals surface area contributed by atoms with Gasteiger partial charge in [-0.2, -0.15) is 5.10 Å². The van der Waals surface area contributed by atoms with Crippen LogP contribution in [0.25, 0.3) is 0 Å². The number of rotatable bonds is 4. The number of hydrogen-bond acceptors (Lipinski definition) is 6. The van der Waals surface area contributed by atoms with Gasteiger partial charge in [-0.15, -0.1) is 0 Å². The fourth-order valence-electron chi connectivity index (χ4n) is 3.10. The monoisotopic (exact) mass is 427 g/mol. The number of benzene rings is 2. The minimum atomic E-state index is -0.982. The summed E-state index contributed by atoms with van der Waals surface area (Å²) in [6, 6.07) is 15.1. The van der Waals surface area contributed by atoms with Gasteiger partial charge in [0.15, 0.2) is 5.71 Å². The van der Waals surface area contributed by atoms with Crippen molar-refractivity contribution in [3.05, 3.63) is 64.6 Å². The van der Waals surface area contributed by atoms with Gasteiger partial charge in [0.1, 0.15) is 18.6 Å². The average Bonchev–Trinajstić information content (AvgIpc) is 3.22. The lowest BCUT2D eigenvalue weighted by Crippen LogP contribution is -2.36. The lowest BCUT2D eigenvalue weighted by atomic mass is 9.99. The number of imide groups is 1. The van der Waals surface area contributed by atoms with E-state index in [0.717, 1.165) is 14.9 Å². The molecule has 7 nitrogen and oxygen atoms in total. The number of carbonyl (C=O) groups excluding carboxylic acids is 3. The average molecular weight is 428 g/mol. The molecule has 136 valence electrons. The second-order valence-electron chi connectivity index (χ2n) is 6.13. The molecule has 0 spiro atoms. The summed E-state index contributed by atoms with van der Waals surface area (Å²) >= 11 is 3.32. The Morgan fingerprint density at radius 1 is 1.07 bits per heavy atom. The van der Waals surface area contributed by atoms with Gasteiger partial charge in [-0.25, -0.2) is 9.69 Å². The van der Waals surface area contributed by atoms with Gasteiger partial charge in [0.2, 0.25) is 5.91 Å². The third-order valence-corrected chi connectivity index (χ3v) is 4.96. The van der Waals surface area contributed by atoms with Gasteiger partial charge >= 0.3 is 5.97 Å². The molecule has 0 aliphatic carbocycles. The Hall–Kier alpha value is -3.00. The summed E-state index contributed by atoms with van der Waals surface area (Å²) in [6.45, 7) is 0.0641. The number of carbonyl (C=O) groups is 3. The van der Waals surface area contributed by atoms with E-state index >= 15 is 0 Å². The summed E-state index contributed by atoms with van der Waals surface area (Å²) in [7, 11) is 0. The minimum absolute atomic E-state index is 0.0641. The zero-order valence-electron chi connectivity index (χ0n) is 14.0. The van der Waals surface area contributed by atoms with Crippen LogP contribution in [0.15, 0.2) is 64.2 Å². The first-order valence-electron chi connectivity index (χ1n) is 8.24. The molecule has 2 amide bonds. The molecule has 2 aromatic rings. The Morgan fingerprint density at radius 3 is 2.48 bits per heavy atom. The SMILES string of the molecule is O=C(OCc1ccccc1)C1=NN[C@@H]2C(=O)N(c3ccc(Br)cc3)C(=O)[C@H]12. The fraction of sp³-hybridized carbons (Fsp3) is 0.158. The van der Waals surface area contributed by atoms with Crippen LogP contribution in [0.2, 0.25) is 0 Å². The van der Waals surface area contributed by atoms with Crippen LogP contribution in [-0.2, 0) is 25.7 Å². The molecule has 0 bridgehead atoms. The summed E-state index contributed by atoms with van der Waals surface area (Å²) in [4.78, 5) is 39.0. The molecule has 0 saturated carbocycles. The van der Waals surface area contributed by atoms with Crippen molar-refractivity contribution in [1.29, 1.82) is 0 Å². The van der Waals surface area contributed by atoms with Gasteiger partial charge in [0, 0.05) is 4.47 Å². The summed E-state index contributed by atoms with van der Waals surface area (Å²) in [5, 5.41) is 3.89. The number of nitrogens with one attached hydrogen (secondary N) is 1. The highest BCUT2D eigenvalue weighted by Gasteiger charge is 2.55. The highest BCUT2D eigenvalue weighted by Crippen LogP contribution is 2.31. The second kappa shape index (κ2) is 6.96. The molecule has 0 radical (unpaired) electrons. The molecule has 8 heteroatoms. The zero-order chi connectivity index (χ0) is 19.0. The van der Waals surface area contributed by atoms with Gasteiger partial charge in [-0.3, -0.25) is 15.0 Å². The van der Waals surface area contributed by atoms with E-state index in [1.807, 2.05) is 30.3 Å². The molecule has 2 aromatic carbocycles. The summed E-state index contributed by atoms with van der Waals surface area (Å²) in [5.74, 6) is -2.63. The van der Waals surface area contributed by atoms with Gasteiger partial charge in [-0.1, -0.05) is 46.3 Å². The maximum Gasteiger partial charge on any atom is 0.355 e. The van der Waals surface area contributed by atoms with Gasteiger partial charge in [0.25, 0.3) is 5.91 Å². The van der Waals surface area contributed by atoms with Gasteiger partial charge < -0.3 is 4.74 Å².